The van der Waals surface area contributed by atoms with Crippen molar-refractivity contribution in [2.24, 2.45) is 0 Å². The van der Waals surface area contributed by atoms with Crippen molar-refractivity contribution in [2.45, 2.75) is 12.6 Å². The van der Waals surface area contributed by atoms with Gasteiger partial charge in [0.25, 0.3) is 0 Å². The second-order valence-electron chi connectivity index (χ2n) is 3.26. The van der Waals surface area contributed by atoms with Crippen molar-refractivity contribution in [2.75, 3.05) is 27.2 Å². The highest BCUT2D eigenvalue weighted by Crippen LogP contribution is 1.99. The largest absolute Gasteiger partial charge is 0.870 e. The van der Waals surface area contributed by atoms with Gasteiger partial charge in [-0.25, -0.2) is 0 Å². The third-order valence-corrected chi connectivity index (χ3v) is 1.32. The van der Waals surface area contributed by atoms with E-state index in [2.05, 4.69) is 0 Å². The Morgan fingerprint density at radius 3 is 1.33 bits per heavy atom. The van der Waals surface area contributed by atoms with Gasteiger partial charge in [-0.3, -0.25) is 0 Å². The summed E-state index contributed by atoms with van der Waals surface area (Å²) in [7, 11) is 3.36. The highest BCUT2D eigenvalue weighted by atomic mass is 16.5. The van der Waals surface area contributed by atoms with Gasteiger partial charge in [-0.05, 0) is 0 Å². The second-order valence-corrected chi connectivity index (χ2v) is 3.26. The summed E-state index contributed by atoms with van der Waals surface area (Å²) in [5.74, 6) is 0. The van der Waals surface area contributed by atoms with Crippen LogP contribution in [0, 0.1) is 0 Å². The molecule has 12 heavy (non-hydrogen) atoms. The van der Waals surface area contributed by atoms with Crippen LogP contribution in [0.5, 0.6) is 0 Å². The van der Waals surface area contributed by atoms with Crippen LogP contribution in [0.25, 0.3) is 0 Å². The lowest BCUT2D eigenvalue weighted by molar-refractivity contribution is -0.901. The first-order valence-electron chi connectivity index (χ1n) is 3.38. The molecule has 76 valence electrons. The van der Waals surface area contributed by atoms with E-state index < -0.39 is 12.6 Å². The van der Waals surface area contributed by atoms with Crippen molar-refractivity contribution in [3.63, 3.8) is 0 Å². The van der Waals surface area contributed by atoms with Crippen molar-refractivity contribution < 1.29 is 30.4 Å². The van der Waals surface area contributed by atoms with Gasteiger partial charge in [-0.15, -0.1) is 0 Å². The van der Waals surface area contributed by atoms with E-state index in [4.69, 9.17) is 20.4 Å². The molecule has 0 fully saturated rings. The molecule has 6 nitrogen and oxygen atoms in total. The molecule has 0 heterocycles. The summed E-state index contributed by atoms with van der Waals surface area (Å²) in [6, 6.07) is 0. The third kappa shape index (κ3) is 7.86. The lowest BCUT2D eigenvalue weighted by Gasteiger charge is -2.30. The Labute approximate surface area is 71.2 Å². The highest BCUT2D eigenvalue weighted by molar-refractivity contribution is 4.38. The van der Waals surface area contributed by atoms with E-state index in [9.17, 15) is 0 Å². The summed E-state index contributed by atoms with van der Waals surface area (Å²) >= 11 is 0. The summed E-state index contributed by atoms with van der Waals surface area (Å²) < 4.78 is 0.162. The molecular formula is C6H17NO5. The summed E-state index contributed by atoms with van der Waals surface area (Å²) in [6.45, 7) is 0.162. The van der Waals surface area contributed by atoms with E-state index in [1.807, 2.05) is 0 Å². The average Bonchev–Trinajstić information content (AvgIpc) is 1.53. The number of likely N-dealkylation sites (N-methyl/N-ethyl adjacent to an activating group) is 1. The maximum absolute atomic E-state index is 8.58. The Bertz CT molecular complexity index is 103. The molecule has 0 saturated heterocycles. The zero-order chi connectivity index (χ0) is 9.07. The molecule has 0 spiro atoms. The minimum atomic E-state index is -1.41. The topological polar surface area (TPSA) is 111 Å². The maximum atomic E-state index is 8.58. The monoisotopic (exact) mass is 183 g/mol. The first-order valence-corrected chi connectivity index (χ1v) is 3.38. The second kappa shape index (κ2) is 5.41. The van der Waals surface area contributed by atoms with Gasteiger partial charge < -0.3 is 30.4 Å². The number of aliphatic hydroxyl groups is 4. The number of hydrogen-bond acceptors (Lipinski definition) is 5. The number of nitrogens with zero attached hydrogens (tertiary/aromatic N) is 1. The minimum absolute atomic E-state index is 0. The van der Waals surface area contributed by atoms with Gasteiger partial charge >= 0.3 is 0 Å². The van der Waals surface area contributed by atoms with Gasteiger partial charge in [0.15, 0.2) is 0 Å². The van der Waals surface area contributed by atoms with Crippen molar-refractivity contribution in [1.29, 1.82) is 0 Å². The van der Waals surface area contributed by atoms with E-state index in [1.54, 1.807) is 14.1 Å². The summed E-state index contributed by atoms with van der Waals surface area (Å²) in [4.78, 5) is 0. The highest BCUT2D eigenvalue weighted by Gasteiger charge is 2.21. The Morgan fingerprint density at radius 2 is 1.17 bits per heavy atom. The van der Waals surface area contributed by atoms with Crippen molar-refractivity contribution in [3.8, 4) is 0 Å². The predicted octanol–water partition coefficient (Wildman–Crippen LogP) is -2.49. The molecular weight excluding hydrogens is 166 g/mol. The van der Waals surface area contributed by atoms with Crippen LogP contribution >= 0.6 is 0 Å². The molecule has 0 amide bonds. The number of rotatable bonds is 4. The van der Waals surface area contributed by atoms with Crippen LogP contribution in [0.15, 0.2) is 0 Å². The molecule has 0 aliphatic heterocycles. The Kier molecular flexibility index (Phi) is 6.45. The fourth-order valence-corrected chi connectivity index (χ4v) is 0.959. The number of hydrogen-bond donors (Lipinski definition) is 4. The van der Waals surface area contributed by atoms with Gasteiger partial charge in [0.2, 0.25) is 12.6 Å². The van der Waals surface area contributed by atoms with Gasteiger partial charge in [-0.1, -0.05) is 0 Å². The van der Waals surface area contributed by atoms with Crippen LogP contribution in [0.4, 0.5) is 0 Å². The fraction of sp³-hybridized carbons (Fsp3) is 1.00. The number of aliphatic hydroxyl groups excluding tert-OH is 2. The van der Waals surface area contributed by atoms with Crippen LogP contribution in [-0.4, -0.2) is 70.2 Å². The Hall–Kier alpha value is -0.240. The van der Waals surface area contributed by atoms with E-state index in [0.717, 1.165) is 0 Å². The molecule has 0 atom stereocenters. The van der Waals surface area contributed by atoms with Crippen LogP contribution < -0.4 is 0 Å². The number of quaternary nitrogens is 1. The lowest BCUT2D eigenvalue weighted by Crippen LogP contribution is -2.49. The Balaban J connectivity index is 0. The quantitative estimate of drug-likeness (QED) is 0.284. The van der Waals surface area contributed by atoms with Crippen LogP contribution in [0.3, 0.4) is 0 Å². The van der Waals surface area contributed by atoms with E-state index in [1.165, 1.54) is 0 Å². The van der Waals surface area contributed by atoms with E-state index in [-0.39, 0.29) is 23.0 Å². The van der Waals surface area contributed by atoms with E-state index >= 15 is 0 Å². The van der Waals surface area contributed by atoms with Gasteiger partial charge in [0.1, 0.15) is 13.1 Å². The lowest BCUT2D eigenvalue weighted by atomic mass is 10.4. The molecule has 0 aromatic heterocycles. The molecule has 0 aromatic carbocycles. The molecule has 0 unspecified atom stereocenters. The maximum Gasteiger partial charge on any atom is 0.202 e. The van der Waals surface area contributed by atoms with Crippen molar-refractivity contribution in [1.82, 2.24) is 0 Å². The smallest absolute Gasteiger partial charge is 0.202 e. The van der Waals surface area contributed by atoms with Gasteiger partial charge in [-0.2, -0.15) is 0 Å². The zero-order valence-corrected chi connectivity index (χ0v) is 7.25. The average molecular weight is 183 g/mol. The van der Waals surface area contributed by atoms with Crippen molar-refractivity contribution in [3.05, 3.63) is 0 Å². The summed E-state index contributed by atoms with van der Waals surface area (Å²) in [6.07, 6.45) is -2.83. The summed E-state index contributed by atoms with van der Waals surface area (Å²) in [5, 5.41) is 34.3. The van der Waals surface area contributed by atoms with Gasteiger partial charge in [0.05, 0.1) is 14.1 Å². The van der Waals surface area contributed by atoms with E-state index in [0.29, 0.717) is 0 Å². The molecule has 0 radical (unpaired) electrons. The zero-order valence-electron chi connectivity index (χ0n) is 7.25. The van der Waals surface area contributed by atoms with Crippen LogP contribution in [-0.2, 0) is 0 Å². The molecule has 5 N–H and O–H groups in total. The van der Waals surface area contributed by atoms with Crippen molar-refractivity contribution >= 4 is 0 Å². The third-order valence-electron chi connectivity index (χ3n) is 1.32. The SMILES string of the molecule is C[N+](C)(CC(O)O)CC(O)O.[OH-]. The van der Waals surface area contributed by atoms with Crippen LogP contribution in [0.2, 0.25) is 0 Å². The molecule has 0 saturated carbocycles. The molecule has 0 aromatic rings. The normalized spacial score (nSPS) is 12.0. The molecule has 0 rings (SSSR count). The first kappa shape index (κ1) is 14.3. The molecule has 0 aliphatic rings. The minimum Gasteiger partial charge on any atom is -0.870 e. The first-order chi connectivity index (χ1) is 4.83. The molecule has 6 heteroatoms. The molecule has 0 aliphatic carbocycles. The van der Waals surface area contributed by atoms with Crippen LogP contribution in [0.1, 0.15) is 0 Å². The predicted molar refractivity (Wildman–Crippen MR) is 40.2 cm³/mol. The fourth-order valence-electron chi connectivity index (χ4n) is 0.959. The molecule has 0 bridgehead atoms. The Morgan fingerprint density at radius 1 is 0.917 bits per heavy atom. The standard InChI is InChI=1S/C6H16NO4.H2O/c1-7(2,3-5(8)9)4-6(10)11;/h5-6,8-11H,3-4H2,1-2H3;1H2/q+1;/p-1. The summed E-state index contributed by atoms with van der Waals surface area (Å²) in [5.41, 5.74) is 0. The van der Waals surface area contributed by atoms with Gasteiger partial charge in [0, 0.05) is 0 Å².